The molecular formula is C58H74O6. The summed E-state index contributed by atoms with van der Waals surface area (Å²) in [5, 5.41) is 7.37. The van der Waals surface area contributed by atoms with Crippen molar-refractivity contribution in [1.29, 1.82) is 0 Å². The van der Waals surface area contributed by atoms with Crippen LogP contribution in [0, 0.1) is 0 Å². The van der Waals surface area contributed by atoms with Gasteiger partial charge in [-0.1, -0.05) is 215 Å². The molecule has 0 N–H and O–H groups in total. The van der Waals surface area contributed by atoms with Crippen molar-refractivity contribution in [2.75, 3.05) is 13.2 Å². The number of aryl methyl sites for hydroxylation is 2. The average molecular weight is 867 g/mol. The molecule has 0 fully saturated rings. The van der Waals surface area contributed by atoms with Crippen LogP contribution < -0.4 is 9.47 Å². The fraction of sp³-hybridized carbons (Fsp3) is 0.483. The number of hydrogen-bond acceptors (Lipinski definition) is 6. The summed E-state index contributed by atoms with van der Waals surface area (Å²) in [5.41, 5.74) is 4.63. The summed E-state index contributed by atoms with van der Waals surface area (Å²) < 4.78 is 24.0. The number of carbonyl (C=O) groups is 2. The molecule has 342 valence electrons. The largest absolute Gasteiger partial charge is 0.513 e. The van der Waals surface area contributed by atoms with Gasteiger partial charge in [0.2, 0.25) is 0 Å². The van der Waals surface area contributed by atoms with Crippen molar-refractivity contribution in [3.63, 3.8) is 0 Å². The second-order valence-electron chi connectivity index (χ2n) is 17.8. The first-order chi connectivity index (χ1) is 31.5. The van der Waals surface area contributed by atoms with Gasteiger partial charge in [0, 0.05) is 21.5 Å². The monoisotopic (exact) mass is 867 g/mol. The van der Waals surface area contributed by atoms with Crippen LogP contribution in [0.5, 0.6) is 11.5 Å². The molecule has 6 aromatic rings. The van der Waals surface area contributed by atoms with Crippen LogP contribution in [0.2, 0.25) is 0 Å². The molecular weight excluding hydrogens is 793 g/mol. The number of hydrogen-bond donors (Lipinski definition) is 0. The van der Waals surface area contributed by atoms with E-state index in [0.29, 0.717) is 24.7 Å². The van der Waals surface area contributed by atoms with E-state index in [1.807, 2.05) is 12.1 Å². The van der Waals surface area contributed by atoms with Gasteiger partial charge in [-0.2, -0.15) is 0 Å². The number of ether oxygens (including phenoxy) is 4. The lowest BCUT2D eigenvalue weighted by Crippen LogP contribution is -2.12. The second kappa shape index (κ2) is 26.0. The van der Waals surface area contributed by atoms with E-state index in [1.165, 1.54) is 75.3 Å². The van der Waals surface area contributed by atoms with Crippen molar-refractivity contribution in [3.05, 3.63) is 96.1 Å². The summed E-state index contributed by atoms with van der Waals surface area (Å²) >= 11 is 0. The molecule has 6 heteroatoms. The first-order valence-electron chi connectivity index (χ1n) is 25.1. The lowest BCUT2D eigenvalue weighted by molar-refractivity contribution is 0.0972. The van der Waals surface area contributed by atoms with Gasteiger partial charge in [0.15, 0.2) is 0 Å². The van der Waals surface area contributed by atoms with E-state index in [-0.39, 0.29) is 0 Å². The third-order valence-corrected chi connectivity index (χ3v) is 12.8. The Morgan fingerprint density at radius 1 is 0.359 bits per heavy atom. The third kappa shape index (κ3) is 13.0. The number of carbonyl (C=O) groups excluding carboxylic acids is 2. The molecule has 0 saturated heterocycles. The van der Waals surface area contributed by atoms with Gasteiger partial charge in [0.05, 0.1) is 13.2 Å². The van der Waals surface area contributed by atoms with Gasteiger partial charge < -0.3 is 18.9 Å². The highest BCUT2D eigenvalue weighted by molar-refractivity contribution is 6.27. The summed E-state index contributed by atoms with van der Waals surface area (Å²) in [5.74, 6) is 1.03. The van der Waals surface area contributed by atoms with Crippen molar-refractivity contribution in [2.24, 2.45) is 0 Å². The Bertz CT molecular complexity index is 2240. The van der Waals surface area contributed by atoms with Gasteiger partial charge in [0.1, 0.15) is 11.5 Å². The minimum absolute atomic E-state index is 0.332. The predicted octanol–water partition coefficient (Wildman–Crippen LogP) is 18.0. The number of unbranched alkanes of at least 4 members (excludes halogenated alkanes) is 16. The molecule has 0 aliphatic rings. The molecule has 0 atom stereocenters. The highest BCUT2D eigenvalue weighted by Gasteiger charge is 2.25. The quantitative estimate of drug-likeness (QED) is 0.0222. The molecule has 0 unspecified atom stereocenters. The van der Waals surface area contributed by atoms with Gasteiger partial charge in [-0.3, -0.25) is 0 Å². The van der Waals surface area contributed by atoms with Crippen LogP contribution >= 0.6 is 0 Å². The highest BCUT2D eigenvalue weighted by Crippen LogP contribution is 2.50. The topological polar surface area (TPSA) is 71.1 Å². The first-order valence-corrected chi connectivity index (χ1v) is 25.1. The molecule has 64 heavy (non-hydrogen) atoms. The Hall–Kier alpha value is -5.10. The molecule has 0 saturated carbocycles. The minimum atomic E-state index is -0.677. The van der Waals surface area contributed by atoms with E-state index in [1.54, 1.807) is 0 Å². The van der Waals surface area contributed by atoms with E-state index in [2.05, 4.69) is 100 Å². The van der Waals surface area contributed by atoms with Crippen LogP contribution in [0.25, 0.3) is 54.2 Å². The fourth-order valence-corrected chi connectivity index (χ4v) is 9.25. The Labute approximate surface area is 383 Å². The van der Waals surface area contributed by atoms with E-state index < -0.39 is 12.3 Å². The van der Waals surface area contributed by atoms with Crippen LogP contribution in [-0.2, 0) is 22.3 Å². The molecule has 0 aliphatic carbocycles. The van der Waals surface area contributed by atoms with Crippen LogP contribution in [0.1, 0.15) is 167 Å². The van der Waals surface area contributed by atoms with Crippen LogP contribution in [-0.4, -0.2) is 25.5 Å². The maximum atomic E-state index is 13.5. The van der Waals surface area contributed by atoms with Gasteiger partial charge in [0.25, 0.3) is 0 Å². The Morgan fingerprint density at radius 2 is 0.688 bits per heavy atom. The predicted molar refractivity (Wildman–Crippen MR) is 268 cm³/mol. The SMILES string of the molecule is CCCCCCCOC(=O)Oc1c2ccccc2c(-c2c3ccccc3c(OC(=O)OCCCCCCC)c3ccc(CCCCCCC)cc23)c2cc(CCCCCCC)ccc12. The lowest BCUT2D eigenvalue weighted by atomic mass is 9.84. The highest BCUT2D eigenvalue weighted by atomic mass is 16.7. The standard InChI is InChI=1S/C58H74O6/c1-5-9-13-17-21-29-43-35-37-49-51(41-43)53(45-31-23-25-33-47(45)55(49)63-57(59)61-39-27-19-15-11-7-3)54-46-32-24-26-34-48(46)56(64-58(60)62-40-28-20-16-12-8-4)50-38-36-44(42-52(50)54)30-22-18-14-10-6-2/h23-26,31-38,41-42H,5-22,27-30,39-40H2,1-4H3. The molecule has 0 aromatic heterocycles. The van der Waals surface area contributed by atoms with Crippen molar-refractivity contribution in [1.82, 2.24) is 0 Å². The van der Waals surface area contributed by atoms with Crippen LogP contribution in [0.3, 0.4) is 0 Å². The Kier molecular flexibility index (Phi) is 19.7. The van der Waals surface area contributed by atoms with Crippen molar-refractivity contribution in [3.8, 4) is 22.6 Å². The van der Waals surface area contributed by atoms with Gasteiger partial charge >= 0.3 is 12.3 Å². The summed E-state index contributed by atoms with van der Waals surface area (Å²) in [6, 6.07) is 29.9. The maximum absolute atomic E-state index is 13.5. The minimum Gasteiger partial charge on any atom is -0.434 e. The van der Waals surface area contributed by atoms with E-state index >= 15 is 0 Å². The van der Waals surface area contributed by atoms with Gasteiger partial charge in [-0.25, -0.2) is 9.59 Å². The normalized spacial score (nSPS) is 11.5. The van der Waals surface area contributed by atoms with Gasteiger partial charge in [-0.15, -0.1) is 0 Å². The molecule has 6 nitrogen and oxygen atoms in total. The maximum Gasteiger partial charge on any atom is 0.513 e. The summed E-state index contributed by atoms with van der Waals surface area (Å²) in [7, 11) is 0. The first kappa shape index (κ1) is 48.4. The lowest BCUT2D eigenvalue weighted by Gasteiger charge is -2.22. The molecule has 0 heterocycles. The number of fused-ring (bicyclic) bond motifs is 4. The molecule has 6 aromatic carbocycles. The van der Waals surface area contributed by atoms with Gasteiger partial charge in [-0.05, 0) is 82.3 Å². The number of benzene rings is 6. The summed E-state index contributed by atoms with van der Waals surface area (Å²) in [4.78, 5) is 27.0. The van der Waals surface area contributed by atoms with Crippen molar-refractivity contribution >= 4 is 55.4 Å². The average Bonchev–Trinajstić information content (AvgIpc) is 3.31. The fourth-order valence-electron chi connectivity index (χ4n) is 9.25. The van der Waals surface area contributed by atoms with E-state index in [4.69, 9.17) is 18.9 Å². The molecule has 0 spiro atoms. The summed E-state index contributed by atoms with van der Waals surface area (Å²) in [6.45, 7) is 9.56. The molecule has 6 rings (SSSR count). The molecule has 0 amide bonds. The Morgan fingerprint density at radius 3 is 1.06 bits per heavy atom. The zero-order valence-electron chi connectivity index (χ0n) is 39.5. The Balaban J connectivity index is 1.53. The molecule has 0 aliphatic heterocycles. The van der Waals surface area contributed by atoms with Crippen LogP contribution in [0.4, 0.5) is 9.59 Å². The summed E-state index contributed by atoms with van der Waals surface area (Å²) in [6.07, 6.45) is 23.2. The second-order valence-corrected chi connectivity index (χ2v) is 17.8. The number of rotatable bonds is 27. The zero-order valence-corrected chi connectivity index (χ0v) is 39.5. The third-order valence-electron chi connectivity index (χ3n) is 12.8. The zero-order chi connectivity index (χ0) is 44.9. The smallest absolute Gasteiger partial charge is 0.434 e. The van der Waals surface area contributed by atoms with Crippen molar-refractivity contribution in [2.45, 2.75) is 169 Å². The van der Waals surface area contributed by atoms with E-state index in [0.717, 1.165) is 131 Å². The van der Waals surface area contributed by atoms with Crippen LogP contribution in [0.15, 0.2) is 84.9 Å². The molecule has 0 bridgehead atoms. The molecule has 0 radical (unpaired) electrons. The van der Waals surface area contributed by atoms with Crippen molar-refractivity contribution < 1.29 is 28.5 Å². The van der Waals surface area contributed by atoms with E-state index in [9.17, 15) is 9.59 Å².